The number of Topliss-reactive ketones (excluding diaryl/α,β-unsaturated/α-hetero) is 1. The van der Waals surface area contributed by atoms with Crippen LogP contribution in [0.5, 0.6) is 5.75 Å². The second-order valence-electron chi connectivity index (χ2n) is 5.94. The molecule has 25 heavy (non-hydrogen) atoms. The van der Waals surface area contributed by atoms with Gasteiger partial charge >= 0.3 is 0 Å². The minimum Gasteiger partial charge on any atom is -0.491 e. The van der Waals surface area contributed by atoms with Crippen LogP contribution in [0.25, 0.3) is 0 Å². The van der Waals surface area contributed by atoms with Crippen LogP contribution < -0.4 is 4.74 Å². The third kappa shape index (κ3) is 5.81. The quantitative estimate of drug-likeness (QED) is 0.727. The van der Waals surface area contributed by atoms with Crippen molar-refractivity contribution in [2.45, 2.75) is 19.6 Å². The molecule has 1 atom stereocenters. The molecule has 6 heteroatoms. The SMILES string of the molecule is CC(=O)c1ccc(OCC(O)CN(C)Cc2c(F)cccc2Cl)cc1. The van der Waals surface area contributed by atoms with E-state index >= 15 is 0 Å². The Labute approximate surface area is 151 Å². The van der Waals surface area contributed by atoms with Crippen molar-refractivity contribution in [1.29, 1.82) is 0 Å². The molecular weight excluding hydrogens is 345 g/mol. The molecule has 0 heterocycles. The molecule has 134 valence electrons. The largest absolute Gasteiger partial charge is 0.491 e. The van der Waals surface area contributed by atoms with Crippen molar-refractivity contribution in [2.24, 2.45) is 0 Å². The average molecular weight is 366 g/mol. The number of likely N-dealkylation sites (N-methyl/N-ethyl adjacent to an activating group) is 1. The smallest absolute Gasteiger partial charge is 0.159 e. The van der Waals surface area contributed by atoms with Crippen molar-refractivity contribution in [3.63, 3.8) is 0 Å². The first-order valence-corrected chi connectivity index (χ1v) is 8.28. The monoisotopic (exact) mass is 365 g/mol. The van der Waals surface area contributed by atoms with Gasteiger partial charge in [-0.25, -0.2) is 4.39 Å². The van der Waals surface area contributed by atoms with Crippen molar-refractivity contribution < 1.29 is 19.0 Å². The van der Waals surface area contributed by atoms with Crippen LogP contribution in [0.2, 0.25) is 5.02 Å². The summed E-state index contributed by atoms with van der Waals surface area (Å²) in [4.78, 5) is 13.0. The Morgan fingerprint density at radius 1 is 1.28 bits per heavy atom. The lowest BCUT2D eigenvalue weighted by molar-refractivity contribution is 0.0740. The molecule has 0 aliphatic carbocycles. The third-order valence-corrected chi connectivity index (χ3v) is 4.07. The Kier molecular flexibility index (Phi) is 6.93. The summed E-state index contributed by atoms with van der Waals surface area (Å²) < 4.78 is 19.3. The van der Waals surface area contributed by atoms with E-state index in [2.05, 4.69) is 0 Å². The molecule has 0 radical (unpaired) electrons. The highest BCUT2D eigenvalue weighted by Crippen LogP contribution is 2.20. The first kappa shape index (κ1) is 19.4. The maximum Gasteiger partial charge on any atom is 0.159 e. The van der Waals surface area contributed by atoms with Crippen molar-refractivity contribution in [1.82, 2.24) is 4.90 Å². The number of aliphatic hydroxyl groups is 1. The zero-order chi connectivity index (χ0) is 18.4. The van der Waals surface area contributed by atoms with Crippen LogP contribution in [0, 0.1) is 5.82 Å². The van der Waals surface area contributed by atoms with Crippen LogP contribution >= 0.6 is 11.6 Å². The molecule has 0 saturated heterocycles. The lowest BCUT2D eigenvalue weighted by Gasteiger charge is -2.21. The highest BCUT2D eigenvalue weighted by Gasteiger charge is 2.13. The number of aliphatic hydroxyl groups excluding tert-OH is 1. The first-order chi connectivity index (χ1) is 11.9. The summed E-state index contributed by atoms with van der Waals surface area (Å²) in [6.07, 6.45) is -0.747. The third-order valence-electron chi connectivity index (χ3n) is 3.72. The number of ketones is 1. The minimum absolute atomic E-state index is 0.0139. The van der Waals surface area contributed by atoms with Gasteiger partial charge in [0.1, 0.15) is 24.3 Å². The summed E-state index contributed by atoms with van der Waals surface area (Å²) in [6.45, 7) is 2.18. The minimum atomic E-state index is -0.747. The Balaban J connectivity index is 1.83. The summed E-state index contributed by atoms with van der Waals surface area (Å²) in [5.74, 6) is 0.194. The molecule has 2 aromatic carbocycles. The van der Waals surface area contributed by atoms with Gasteiger partial charge in [0, 0.05) is 29.2 Å². The molecule has 2 rings (SSSR count). The number of benzene rings is 2. The lowest BCUT2D eigenvalue weighted by atomic mass is 10.1. The molecule has 0 amide bonds. The Morgan fingerprint density at radius 2 is 1.96 bits per heavy atom. The van der Waals surface area contributed by atoms with Crippen LogP contribution in [0.4, 0.5) is 4.39 Å². The maximum absolute atomic E-state index is 13.8. The van der Waals surface area contributed by atoms with E-state index in [9.17, 15) is 14.3 Å². The van der Waals surface area contributed by atoms with E-state index in [0.717, 1.165) is 0 Å². The van der Waals surface area contributed by atoms with Crippen molar-refractivity contribution in [3.05, 3.63) is 64.4 Å². The lowest BCUT2D eigenvalue weighted by Crippen LogP contribution is -2.33. The molecule has 0 spiro atoms. The topological polar surface area (TPSA) is 49.8 Å². The number of rotatable bonds is 8. The normalized spacial score (nSPS) is 12.2. The molecular formula is C19H21ClFNO3. The molecule has 1 N–H and O–H groups in total. The molecule has 0 bridgehead atoms. The Bertz CT molecular complexity index is 701. The van der Waals surface area contributed by atoms with Crippen molar-refractivity contribution >= 4 is 17.4 Å². The fourth-order valence-electron chi connectivity index (χ4n) is 2.41. The van der Waals surface area contributed by atoms with E-state index in [4.69, 9.17) is 16.3 Å². The van der Waals surface area contributed by atoms with Gasteiger partial charge in [-0.2, -0.15) is 0 Å². The fraction of sp³-hybridized carbons (Fsp3) is 0.316. The molecule has 0 aliphatic heterocycles. The van der Waals surface area contributed by atoms with Crippen LogP contribution in [-0.4, -0.2) is 42.1 Å². The molecule has 2 aromatic rings. The van der Waals surface area contributed by atoms with Gasteiger partial charge in [0.25, 0.3) is 0 Å². The number of nitrogens with zero attached hydrogens (tertiary/aromatic N) is 1. The number of carbonyl (C=O) groups excluding carboxylic acids is 1. The Morgan fingerprint density at radius 3 is 2.56 bits per heavy atom. The summed E-state index contributed by atoms with van der Waals surface area (Å²) in [7, 11) is 1.77. The first-order valence-electron chi connectivity index (χ1n) is 7.90. The van der Waals surface area contributed by atoms with Gasteiger partial charge in [-0.1, -0.05) is 17.7 Å². The van der Waals surface area contributed by atoms with Gasteiger partial charge < -0.3 is 9.84 Å². The molecule has 0 fully saturated rings. The van der Waals surface area contributed by atoms with Crippen LogP contribution in [-0.2, 0) is 6.54 Å². The molecule has 0 aliphatic rings. The zero-order valence-corrected chi connectivity index (χ0v) is 15.0. The van der Waals surface area contributed by atoms with E-state index < -0.39 is 6.10 Å². The van der Waals surface area contributed by atoms with E-state index in [-0.39, 0.29) is 24.8 Å². The van der Waals surface area contributed by atoms with Crippen molar-refractivity contribution in [3.8, 4) is 5.75 Å². The number of hydrogen-bond donors (Lipinski definition) is 1. The van der Waals surface area contributed by atoms with E-state index in [1.54, 1.807) is 48.3 Å². The van der Waals surface area contributed by atoms with Gasteiger partial charge in [-0.15, -0.1) is 0 Å². The van der Waals surface area contributed by atoms with Crippen LogP contribution in [0.1, 0.15) is 22.8 Å². The van der Waals surface area contributed by atoms with Crippen molar-refractivity contribution in [2.75, 3.05) is 20.2 Å². The molecule has 4 nitrogen and oxygen atoms in total. The summed E-state index contributed by atoms with van der Waals surface area (Å²) in [5.41, 5.74) is 1.01. The van der Waals surface area contributed by atoms with Crippen LogP contribution in [0.15, 0.2) is 42.5 Å². The standard InChI is InChI=1S/C19H21ClFNO3/c1-13(23)14-6-8-16(9-7-14)25-12-15(24)10-22(2)11-17-18(20)4-3-5-19(17)21/h3-9,15,24H,10-12H2,1-2H3. The Hall–Kier alpha value is -1.95. The second-order valence-corrected chi connectivity index (χ2v) is 6.35. The number of ether oxygens (including phenoxy) is 1. The zero-order valence-electron chi connectivity index (χ0n) is 14.2. The summed E-state index contributed by atoms with van der Waals surface area (Å²) >= 11 is 6.01. The van der Waals surface area contributed by atoms with E-state index in [1.807, 2.05) is 0 Å². The van der Waals surface area contributed by atoms with Gasteiger partial charge in [0.2, 0.25) is 0 Å². The predicted octanol–water partition coefficient (Wildman–Crippen LogP) is 3.55. The number of hydrogen-bond acceptors (Lipinski definition) is 4. The molecule has 0 saturated carbocycles. The molecule has 1 unspecified atom stereocenters. The summed E-state index contributed by atoms with van der Waals surface area (Å²) in [6, 6.07) is 11.3. The van der Waals surface area contributed by atoms with E-state index in [1.165, 1.54) is 13.0 Å². The predicted molar refractivity (Wildman–Crippen MR) is 95.7 cm³/mol. The molecule has 0 aromatic heterocycles. The van der Waals surface area contributed by atoms with Gasteiger partial charge in [-0.3, -0.25) is 9.69 Å². The fourth-order valence-corrected chi connectivity index (χ4v) is 2.63. The number of carbonyl (C=O) groups is 1. The highest BCUT2D eigenvalue weighted by atomic mass is 35.5. The van der Waals surface area contributed by atoms with Gasteiger partial charge in [-0.05, 0) is 50.4 Å². The average Bonchev–Trinajstić information content (AvgIpc) is 2.57. The van der Waals surface area contributed by atoms with E-state index in [0.29, 0.717) is 28.4 Å². The highest BCUT2D eigenvalue weighted by molar-refractivity contribution is 6.31. The number of halogens is 2. The van der Waals surface area contributed by atoms with Gasteiger partial charge in [0.05, 0.1) is 0 Å². The van der Waals surface area contributed by atoms with Crippen LogP contribution in [0.3, 0.4) is 0 Å². The second kappa shape index (κ2) is 8.94. The summed E-state index contributed by atoms with van der Waals surface area (Å²) in [5, 5.41) is 10.5. The van der Waals surface area contributed by atoms with Gasteiger partial charge in [0.15, 0.2) is 5.78 Å². The maximum atomic E-state index is 13.8.